The maximum atomic E-state index is 6.01. The van der Waals surface area contributed by atoms with Crippen molar-refractivity contribution in [2.45, 2.75) is 13.3 Å². The molecular formula is C13H12Cl2N2O. The smallest absolute Gasteiger partial charge is 0.133 e. The van der Waals surface area contributed by atoms with E-state index in [2.05, 4.69) is 9.97 Å². The normalized spacial score (nSPS) is 10.4. The summed E-state index contributed by atoms with van der Waals surface area (Å²) in [6.45, 7) is 1.98. The van der Waals surface area contributed by atoms with E-state index in [-0.39, 0.29) is 0 Å². The molecule has 2 rings (SSSR count). The van der Waals surface area contributed by atoms with Crippen molar-refractivity contribution in [1.29, 1.82) is 0 Å². The minimum absolute atomic E-state index is 0.416. The van der Waals surface area contributed by atoms with Crippen LogP contribution in [0.4, 0.5) is 0 Å². The van der Waals surface area contributed by atoms with Gasteiger partial charge in [0, 0.05) is 23.1 Å². The van der Waals surface area contributed by atoms with Gasteiger partial charge in [0.2, 0.25) is 0 Å². The second-order valence-electron chi connectivity index (χ2n) is 3.69. The SMILES string of the molecule is CCc1nc(Cl)cc(-c2cc(Cl)ccc2OC)n1. The summed E-state index contributed by atoms with van der Waals surface area (Å²) in [5.41, 5.74) is 1.52. The zero-order chi connectivity index (χ0) is 13.1. The molecule has 0 amide bonds. The highest BCUT2D eigenvalue weighted by Crippen LogP contribution is 2.32. The van der Waals surface area contributed by atoms with Crippen LogP contribution >= 0.6 is 23.2 Å². The van der Waals surface area contributed by atoms with Crippen LogP contribution in [0.15, 0.2) is 24.3 Å². The average molecular weight is 283 g/mol. The molecule has 1 aromatic heterocycles. The van der Waals surface area contributed by atoms with Crippen LogP contribution in [0.3, 0.4) is 0 Å². The highest BCUT2D eigenvalue weighted by molar-refractivity contribution is 6.31. The quantitative estimate of drug-likeness (QED) is 0.798. The molecule has 18 heavy (non-hydrogen) atoms. The number of ether oxygens (including phenoxy) is 1. The van der Waals surface area contributed by atoms with Crippen molar-refractivity contribution in [2.75, 3.05) is 7.11 Å². The summed E-state index contributed by atoms with van der Waals surface area (Å²) in [6, 6.07) is 7.08. The van der Waals surface area contributed by atoms with E-state index in [9.17, 15) is 0 Å². The summed E-state index contributed by atoms with van der Waals surface area (Å²) < 4.78 is 5.31. The highest BCUT2D eigenvalue weighted by Gasteiger charge is 2.10. The predicted octanol–water partition coefficient (Wildman–Crippen LogP) is 4.02. The fraction of sp³-hybridized carbons (Fsp3) is 0.231. The predicted molar refractivity (Wildman–Crippen MR) is 73.4 cm³/mol. The molecule has 1 aromatic carbocycles. The summed E-state index contributed by atoms with van der Waals surface area (Å²) >= 11 is 12.0. The van der Waals surface area contributed by atoms with Crippen LogP contribution in [0.25, 0.3) is 11.3 Å². The fourth-order valence-corrected chi connectivity index (χ4v) is 2.01. The lowest BCUT2D eigenvalue weighted by Gasteiger charge is -2.09. The van der Waals surface area contributed by atoms with Crippen molar-refractivity contribution >= 4 is 23.2 Å². The van der Waals surface area contributed by atoms with Crippen LogP contribution < -0.4 is 4.74 Å². The van der Waals surface area contributed by atoms with Crippen LogP contribution in [0.1, 0.15) is 12.7 Å². The summed E-state index contributed by atoms with van der Waals surface area (Å²) in [5, 5.41) is 1.04. The average Bonchev–Trinajstić information content (AvgIpc) is 2.38. The van der Waals surface area contributed by atoms with Gasteiger partial charge in [-0.1, -0.05) is 30.1 Å². The van der Waals surface area contributed by atoms with Gasteiger partial charge in [-0.15, -0.1) is 0 Å². The number of hydrogen-bond acceptors (Lipinski definition) is 3. The number of nitrogens with zero attached hydrogens (tertiary/aromatic N) is 2. The van der Waals surface area contributed by atoms with Crippen LogP contribution in [0.2, 0.25) is 10.2 Å². The van der Waals surface area contributed by atoms with Gasteiger partial charge in [0.05, 0.1) is 12.8 Å². The molecule has 0 spiro atoms. The van der Waals surface area contributed by atoms with E-state index in [0.29, 0.717) is 27.4 Å². The van der Waals surface area contributed by atoms with Crippen molar-refractivity contribution in [2.24, 2.45) is 0 Å². The molecule has 0 saturated carbocycles. The molecule has 0 saturated heterocycles. The van der Waals surface area contributed by atoms with E-state index in [1.54, 1.807) is 31.4 Å². The van der Waals surface area contributed by atoms with E-state index < -0.39 is 0 Å². The van der Waals surface area contributed by atoms with Crippen LogP contribution in [0, 0.1) is 0 Å². The molecule has 0 aliphatic carbocycles. The lowest BCUT2D eigenvalue weighted by Crippen LogP contribution is -1.97. The highest BCUT2D eigenvalue weighted by atomic mass is 35.5. The first-order valence-corrected chi connectivity index (χ1v) is 6.27. The van der Waals surface area contributed by atoms with Gasteiger partial charge in [0.25, 0.3) is 0 Å². The maximum Gasteiger partial charge on any atom is 0.133 e. The molecule has 3 nitrogen and oxygen atoms in total. The fourth-order valence-electron chi connectivity index (χ4n) is 1.64. The Hall–Kier alpha value is -1.32. The van der Waals surface area contributed by atoms with Gasteiger partial charge in [-0.05, 0) is 18.2 Å². The number of hydrogen-bond donors (Lipinski definition) is 0. The number of aryl methyl sites for hydroxylation is 1. The lowest BCUT2D eigenvalue weighted by atomic mass is 10.1. The molecule has 0 fully saturated rings. The molecule has 94 valence electrons. The molecule has 2 aromatic rings. The zero-order valence-electron chi connectivity index (χ0n) is 10.1. The Kier molecular flexibility index (Phi) is 4.04. The molecule has 0 bridgehead atoms. The van der Waals surface area contributed by atoms with Crippen LogP contribution in [-0.4, -0.2) is 17.1 Å². The zero-order valence-corrected chi connectivity index (χ0v) is 11.6. The first kappa shape index (κ1) is 13.1. The second-order valence-corrected chi connectivity index (χ2v) is 4.51. The monoisotopic (exact) mass is 282 g/mol. The van der Waals surface area contributed by atoms with Gasteiger partial charge in [-0.2, -0.15) is 0 Å². The third kappa shape index (κ3) is 2.74. The van der Waals surface area contributed by atoms with E-state index in [4.69, 9.17) is 27.9 Å². The Balaban J connectivity index is 2.60. The second kappa shape index (κ2) is 5.55. The van der Waals surface area contributed by atoms with Crippen LogP contribution in [0.5, 0.6) is 5.75 Å². The van der Waals surface area contributed by atoms with Gasteiger partial charge < -0.3 is 4.74 Å². The number of aromatic nitrogens is 2. The van der Waals surface area contributed by atoms with E-state index in [1.807, 2.05) is 6.92 Å². The van der Waals surface area contributed by atoms with Gasteiger partial charge >= 0.3 is 0 Å². The molecule has 0 aliphatic heterocycles. The summed E-state index contributed by atoms with van der Waals surface area (Å²) in [5.74, 6) is 1.40. The van der Waals surface area contributed by atoms with E-state index >= 15 is 0 Å². The molecule has 0 unspecified atom stereocenters. The van der Waals surface area contributed by atoms with Gasteiger partial charge in [0.1, 0.15) is 16.7 Å². The van der Waals surface area contributed by atoms with Crippen molar-refractivity contribution in [3.05, 3.63) is 40.3 Å². The maximum absolute atomic E-state index is 6.01. The Bertz CT molecular complexity index is 573. The Morgan fingerprint density at radius 2 is 1.94 bits per heavy atom. The topological polar surface area (TPSA) is 35.0 Å². The Morgan fingerprint density at radius 1 is 1.17 bits per heavy atom. The largest absolute Gasteiger partial charge is 0.496 e. The molecular weight excluding hydrogens is 271 g/mol. The lowest BCUT2D eigenvalue weighted by molar-refractivity contribution is 0.416. The third-order valence-corrected chi connectivity index (χ3v) is 2.92. The molecule has 5 heteroatoms. The van der Waals surface area contributed by atoms with Crippen molar-refractivity contribution < 1.29 is 4.74 Å². The Morgan fingerprint density at radius 3 is 2.61 bits per heavy atom. The molecule has 1 heterocycles. The number of benzene rings is 1. The molecule has 0 N–H and O–H groups in total. The standard InChI is InChI=1S/C13H12Cl2N2O/c1-3-13-16-10(7-12(15)17-13)9-6-8(14)4-5-11(9)18-2/h4-7H,3H2,1-2H3. The first-order valence-electron chi connectivity index (χ1n) is 5.51. The van der Waals surface area contributed by atoms with Gasteiger partial charge in [0.15, 0.2) is 0 Å². The number of halogens is 2. The summed E-state index contributed by atoms with van der Waals surface area (Å²) in [4.78, 5) is 8.57. The number of methoxy groups -OCH3 is 1. The Labute approximate surface area is 116 Å². The summed E-state index contributed by atoms with van der Waals surface area (Å²) in [6.07, 6.45) is 0.719. The van der Waals surface area contributed by atoms with Crippen molar-refractivity contribution in [3.63, 3.8) is 0 Å². The third-order valence-electron chi connectivity index (χ3n) is 2.49. The van der Waals surface area contributed by atoms with Gasteiger partial charge in [-0.25, -0.2) is 9.97 Å². The van der Waals surface area contributed by atoms with Crippen molar-refractivity contribution in [1.82, 2.24) is 9.97 Å². The van der Waals surface area contributed by atoms with E-state index in [0.717, 1.165) is 12.0 Å². The van der Waals surface area contributed by atoms with Crippen LogP contribution in [-0.2, 0) is 6.42 Å². The first-order chi connectivity index (χ1) is 8.63. The van der Waals surface area contributed by atoms with E-state index in [1.165, 1.54) is 0 Å². The minimum Gasteiger partial charge on any atom is -0.496 e. The summed E-state index contributed by atoms with van der Waals surface area (Å²) in [7, 11) is 1.61. The molecule has 0 aliphatic rings. The van der Waals surface area contributed by atoms with Gasteiger partial charge in [-0.3, -0.25) is 0 Å². The molecule has 0 radical (unpaired) electrons. The van der Waals surface area contributed by atoms with Crippen molar-refractivity contribution in [3.8, 4) is 17.0 Å². The minimum atomic E-state index is 0.416. The number of rotatable bonds is 3. The molecule has 0 atom stereocenters.